The van der Waals surface area contributed by atoms with E-state index in [0.29, 0.717) is 4.90 Å². The third-order valence-corrected chi connectivity index (χ3v) is 6.29. The van der Waals surface area contributed by atoms with E-state index in [9.17, 15) is 8.42 Å². The molecule has 1 heterocycles. The van der Waals surface area contributed by atoms with Crippen LogP contribution in [0.4, 0.5) is 0 Å². The lowest BCUT2D eigenvalue weighted by Crippen LogP contribution is -2.47. The zero-order chi connectivity index (χ0) is 14.2. The van der Waals surface area contributed by atoms with E-state index in [1.165, 1.54) is 0 Å². The molecule has 1 aliphatic rings. The SMILES string of the molecule is Cc1ccc(S(=O)(=O)N2[C@H](C)CCC[C@H]2C)c(C)c1. The van der Waals surface area contributed by atoms with Crippen LogP contribution in [0.5, 0.6) is 0 Å². The number of rotatable bonds is 2. The van der Waals surface area contributed by atoms with Gasteiger partial charge in [0.1, 0.15) is 0 Å². The van der Waals surface area contributed by atoms with Crippen molar-refractivity contribution in [3.63, 3.8) is 0 Å². The second-order valence-electron chi connectivity index (χ2n) is 5.73. The lowest BCUT2D eigenvalue weighted by atomic mass is 10.0. The van der Waals surface area contributed by atoms with Crippen LogP contribution in [-0.2, 0) is 10.0 Å². The molecule has 1 aromatic carbocycles. The second-order valence-corrected chi connectivity index (χ2v) is 7.54. The van der Waals surface area contributed by atoms with Gasteiger partial charge in [-0.1, -0.05) is 24.1 Å². The summed E-state index contributed by atoms with van der Waals surface area (Å²) >= 11 is 0. The summed E-state index contributed by atoms with van der Waals surface area (Å²) in [7, 11) is -3.37. The topological polar surface area (TPSA) is 37.4 Å². The number of nitrogens with zero attached hydrogens (tertiary/aromatic N) is 1. The lowest BCUT2D eigenvalue weighted by molar-refractivity contribution is 0.204. The summed E-state index contributed by atoms with van der Waals surface area (Å²) in [6, 6.07) is 5.74. The normalized spacial score (nSPS) is 25.5. The first-order valence-electron chi connectivity index (χ1n) is 6.95. The number of sulfonamides is 1. The van der Waals surface area contributed by atoms with Gasteiger partial charge >= 0.3 is 0 Å². The van der Waals surface area contributed by atoms with E-state index in [1.807, 2.05) is 39.8 Å². The maximum atomic E-state index is 12.9. The highest BCUT2D eigenvalue weighted by molar-refractivity contribution is 7.89. The van der Waals surface area contributed by atoms with E-state index in [4.69, 9.17) is 0 Å². The highest BCUT2D eigenvalue weighted by atomic mass is 32.2. The molecule has 1 aliphatic heterocycles. The number of piperidine rings is 1. The minimum absolute atomic E-state index is 0.0921. The first-order chi connectivity index (χ1) is 8.84. The molecule has 0 aliphatic carbocycles. The summed E-state index contributed by atoms with van der Waals surface area (Å²) in [5, 5.41) is 0. The van der Waals surface area contributed by atoms with Crippen LogP contribution >= 0.6 is 0 Å². The van der Waals surface area contributed by atoms with Crippen molar-refractivity contribution < 1.29 is 8.42 Å². The highest BCUT2D eigenvalue weighted by Gasteiger charge is 2.36. The van der Waals surface area contributed by atoms with E-state index in [0.717, 1.165) is 30.4 Å². The van der Waals surface area contributed by atoms with Gasteiger partial charge in [-0.25, -0.2) is 8.42 Å². The zero-order valence-electron chi connectivity index (χ0n) is 12.2. The maximum Gasteiger partial charge on any atom is 0.243 e. The van der Waals surface area contributed by atoms with Crippen LogP contribution in [0.2, 0.25) is 0 Å². The van der Waals surface area contributed by atoms with Gasteiger partial charge in [0.15, 0.2) is 0 Å². The van der Waals surface area contributed by atoms with E-state index in [2.05, 4.69) is 0 Å². The summed E-state index contributed by atoms with van der Waals surface area (Å²) in [5.41, 5.74) is 1.93. The molecule has 1 aromatic rings. The number of aryl methyl sites for hydroxylation is 2. The van der Waals surface area contributed by atoms with Gasteiger partial charge in [0.2, 0.25) is 10.0 Å². The van der Waals surface area contributed by atoms with Crippen molar-refractivity contribution in [1.29, 1.82) is 0 Å². The molecule has 1 saturated heterocycles. The molecule has 0 aromatic heterocycles. The highest BCUT2D eigenvalue weighted by Crippen LogP contribution is 2.30. The Bertz CT molecular complexity index is 556. The minimum Gasteiger partial charge on any atom is -0.207 e. The van der Waals surface area contributed by atoms with Gasteiger partial charge in [0.25, 0.3) is 0 Å². The van der Waals surface area contributed by atoms with Crippen LogP contribution in [0, 0.1) is 13.8 Å². The van der Waals surface area contributed by atoms with Crippen LogP contribution in [0.1, 0.15) is 44.2 Å². The fourth-order valence-corrected chi connectivity index (χ4v) is 5.17. The molecule has 1 fully saturated rings. The predicted octanol–water partition coefficient (Wildman–Crippen LogP) is 3.26. The van der Waals surface area contributed by atoms with Crippen LogP contribution in [-0.4, -0.2) is 24.8 Å². The maximum absolute atomic E-state index is 12.9. The third kappa shape index (κ3) is 2.70. The van der Waals surface area contributed by atoms with Gasteiger partial charge in [0.05, 0.1) is 4.90 Å². The molecule has 0 spiro atoms. The van der Waals surface area contributed by atoms with Crippen molar-refractivity contribution in [3.8, 4) is 0 Å². The van der Waals surface area contributed by atoms with Crippen LogP contribution in [0.15, 0.2) is 23.1 Å². The van der Waals surface area contributed by atoms with Crippen molar-refractivity contribution in [1.82, 2.24) is 4.31 Å². The molecule has 0 saturated carbocycles. The standard InChI is InChI=1S/C15H23NO2S/c1-11-8-9-15(12(2)10-11)19(17,18)16-13(3)6-5-7-14(16)4/h8-10,13-14H,5-7H2,1-4H3/t13-,14-/m1/s1. The molecule has 106 valence electrons. The average molecular weight is 281 g/mol. The van der Waals surface area contributed by atoms with E-state index in [1.54, 1.807) is 10.4 Å². The van der Waals surface area contributed by atoms with Crippen LogP contribution < -0.4 is 0 Å². The summed E-state index contributed by atoms with van der Waals surface area (Å²) in [6.07, 6.45) is 3.02. The number of hydrogen-bond donors (Lipinski definition) is 0. The fourth-order valence-electron chi connectivity index (χ4n) is 3.07. The number of benzene rings is 1. The average Bonchev–Trinajstić information content (AvgIpc) is 2.27. The summed E-state index contributed by atoms with van der Waals surface area (Å²) in [5.74, 6) is 0. The summed E-state index contributed by atoms with van der Waals surface area (Å²) in [6.45, 7) is 7.88. The van der Waals surface area contributed by atoms with Crippen LogP contribution in [0.25, 0.3) is 0 Å². The Labute approximate surface area is 116 Å². The van der Waals surface area contributed by atoms with Crippen molar-refractivity contribution >= 4 is 10.0 Å². The third-order valence-electron chi connectivity index (χ3n) is 4.00. The van der Waals surface area contributed by atoms with Crippen molar-refractivity contribution in [3.05, 3.63) is 29.3 Å². The van der Waals surface area contributed by atoms with Gasteiger partial charge in [-0.05, 0) is 52.2 Å². The van der Waals surface area contributed by atoms with Crippen molar-refractivity contribution in [2.24, 2.45) is 0 Å². The second kappa shape index (κ2) is 5.25. The molecule has 0 unspecified atom stereocenters. The zero-order valence-corrected chi connectivity index (χ0v) is 13.0. The van der Waals surface area contributed by atoms with E-state index in [-0.39, 0.29) is 12.1 Å². The van der Waals surface area contributed by atoms with Gasteiger partial charge in [-0.15, -0.1) is 0 Å². The molecule has 0 N–H and O–H groups in total. The minimum atomic E-state index is -3.37. The van der Waals surface area contributed by atoms with Gasteiger partial charge in [-0.3, -0.25) is 0 Å². The Morgan fingerprint density at radius 2 is 1.68 bits per heavy atom. The summed E-state index contributed by atoms with van der Waals surface area (Å²) in [4.78, 5) is 0.457. The quantitative estimate of drug-likeness (QED) is 0.834. The molecule has 2 rings (SSSR count). The van der Waals surface area contributed by atoms with E-state index >= 15 is 0 Å². The fraction of sp³-hybridized carbons (Fsp3) is 0.600. The molecule has 0 bridgehead atoms. The Kier molecular flexibility index (Phi) is 4.02. The first kappa shape index (κ1) is 14.5. The molecule has 19 heavy (non-hydrogen) atoms. The Balaban J connectivity index is 2.46. The number of hydrogen-bond acceptors (Lipinski definition) is 2. The van der Waals surface area contributed by atoms with E-state index < -0.39 is 10.0 Å². The molecular weight excluding hydrogens is 258 g/mol. The predicted molar refractivity (Wildman–Crippen MR) is 77.7 cm³/mol. The van der Waals surface area contributed by atoms with Gasteiger partial charge in [-0.2, -0.15) is 4.31 Å². The Morgan fingerprint density at radius 3 is 2.21 bits per heavy atom. The lowest BCUT2D eigenvalue weighted by Gasteiger charge is -2.38. The van der Waals surface area contributed by atoms with Gasteiger partial charge < -0.3 is 0 Å². The smallest absolute Gasteiger partial charge is 0.207 e. The molecule has 3 nitrogen and oxygen atoms in total. The molecule has 0 amide bonds. The molecule has 2 atom stereocenters. The first-order valence-corrected chi connectivity index (χ1v) is 8.39. The molecular formula is C15H23NO2S. The van der Waals surface area contributed by atoms with Crippen molar-refractivity contribution in [2.75, 3.05) is 0 Å². The van der Waals surface area contributed by atoms with Crippen molar-refractivity contribution in [2.45, 2.75) is 63.9 Å². The molecule has 0 radical (unpaired) electrons. The Hall–Kier alpha value is -0.870. The Morgan fingerprint density at radius 1 is 1.11 bits per heavy atom. The summed E-state index contributed by atoms with van der Waals surface area (Å²) < 4.78 is 27.4. The molecule has 4 heteroatoms. The van der Waals surface area contributed by atoms with Crippen LogP contribution in [0.3, 0.4) is 0 Å². The monoisotopic (exact) mass is 281 g/mol. The largest absolute Gasteiger partial charge is 0.243 e. The van der Waals surface area contributed by atoms with Gasteiger partial charge in [0, 0.05) is 12.1 Å².